The molecule has 0 aliphatic heterocycles. The second-order valence-electron chi connectivity index (χ2n) is 9.24. The molecule has 2 fully saturated rings. The third kappa shape index (κ3) is 5.25. The number of amides is 1. The number of ether oxygens (including phenoxy) is 2. The summed E-state index contributed by atoms with van der Waals surface area (Å²) in [6.07, 6.45) is 0.933. The molecule has 0 aromatic heterocycles. The van der Waals surface area contributed by atoms with Crippen LogP contribution in [0.2, 0.25) is 0 Å². The van der Waals surface area contributed by atoms with Crippen LogP contribution in [0.4, 0.5) is 13.6 Å². The van der Waals surface area contributed by atoms with Crippen molar-refractivity contribution < 1.29 is 27.8 Å². The maximum atomic E-state index is 13.9. The Morgan fingerprint density at radius 3 is 2.48 bits per heavy atom. The van der Waals surface area contributed by atoms with Crippen molar-refractivity contribution in [3.05, 3.63) is 35.9 Å². The van der Waals surface area contributed by atoms with Crippen molar-refractivity contribution in [2.45, 2.75) is 77.0 Å². The number of carbonyl (C=O) groups excluding carboxylic acids is 2. The summed E-state index contributed by atoms with van der Waals surface area (Å²) in [6, 6.07) is 8.15. The highest BCUT2D eigenvalue weighted by atomic mass is 19.3. The van der Waals surface area contributed by atoms with Gasteiger partial charge in [0.25, 0.3) is 5.92 Å². The van der Waals surface area contributed by atoms with Gasteiger partial charge in [-0.25, -0.2) is 18.4 Å². The summed E-state index contributed by atoms with van der Waals surface area (Å²) in [4.78, 5) is 25.1. The molecule has 1 spiro atoms. The van der Waals surface area contributed by atoms with Crippen LogP contribution in [0.5, 0.6) is 0 Å². The highest BCUT2D eigenvalue weighted by molar-refractivity contribution is 5.82. The highest BCUT2D eigenvalue weighted by Crippen LogP contribution is 2.68. The highest BCUT2D eigenvalue weighted by Gasteiger charge is 2.71. The van der Waals surface area contributed by atoms with Gasteiger partial charge in [-0.15, -0.1) is 0 Å². The van der Waals surface area contributed by atoms with Crippen molar-refractivity contribution in [3.8, 4) is 0 Å². The van der Waals surface area contributed by atoms with Gasteiger partial charge < -0.3 is 14.8 Å². The monoisotopic (exact) mass is 409 g/mol. The van der Waals surface area contributed by atoms with E-state index in [-0.39, 0.29) is 19.4 Å². The van der Waals surface area contributed by atoms with Crippen LogP contribution in [0.1, 0.15) is 58.4 Å². The summed E-state index contributed by atoms with van der Waals surface area (Å²) in [5, 5.41) is 2.59. The average Bonchev–Trinajstić information content (AvgIpc) is 3.15. The van der Waals surface area contributed by atoms with E-state index in [1.54, 1.807) is 20.8 Å². The van der Waals surface area contributed by atoms with Gasteiger partial charge in [-0.1, -0.05) is 36.8 Å². The van der Waals surface area contributed by atoms with Gasteiger partial charge in [0.05, 0.1) is 0 Å². The maximum absolute atomic E-state index is 13.9. The molecule has 0 unspecified atom stereocenters. The van der Waals surface area contributed by atoms with Crippen LogP contribution in [0.15, 0.2) is 30.3 Å². The molecule has 3 rings (SSSR count). The number of hydrogen-bond acceptors (Lipinski definition) is 4. The van der Waals surface area contributed by atoms with Crippen molar-refractivity contribution >= 4 is 12.1 Å². The molecule has 3 atom stereocenters. The van der Waals surface area contributed by atoms with Crippen LogP contribution in [0.3, 0.4) is 0 Å². The second kappa shape index (κ2) is 7.92. The predicted octanol–water partition coefficient (Wildman–Crippen LogP) is 4.84. The smallest absolute Gasteiger partial charge is 0.408 e. The topological polar surface area (TPSA) is 64.6 Å². The molecule has 1 amide bonds. The average molecular weight is 409 g/mol. The zero-order valence-electron chi connectivity index (χ0n) is 17.2. The number of nitrogens with one attached hydrogen (secondary N) is 1. The van der Waals surface area contributed by atoms with Crippen molar-refractivity contribution in [1.82, 2.24) is 5.32 Å². The number of halogens is 2. The van der Waals surface area contributed by atoms with Crippen LogP contribution in [0, 0.1) is 11.3 Å². The van der Waals surface area contributed by atoms with Gasteiger partial charge in [-0.3, -0.25) is 0 Å². The van der Waals surface area contributed by atoms with Crippen LogP contribution >= 0.6 is 0 Å². The lowest BCUT2D eigenvalue weighted by Gasteiger charge is -2.35. The minimum absolute atomic E-state index is 0.0559. The molecule has 0 saturated heterocycles. The van der Waals surface area contributed by atoms with Gasteiger partial charge >= 0.3 is 12.1 Å². The molecular weight excluding hydrogens is 380 g/mol. The normalized spacial score (nSPS) is 26.4. The molecule has 2 aliphatic rings. The van der Waals surface area contributed by atoms with Crippen molar-refractivity contribution in [3.63, 3.8) is 0 Å². The molecular formula is C22H29F2NO4. The SMILES string of the molecule is CC(C)(C)OC(=O)[C@@H](NC(=O)OCc1ccccc1)[C@H]1CCC[C@@]2(C1)CC2(F)F. The Morgan fingerprint density at radius 1 is 1.24 bits per heavy atom. The zero-order valence-corrected chi connectivity index (χ0v) is 17.2. The molecule has 160 valence electrons. The molecule has 0 heterocycles. The predicted molar refractivity (Wildman–Crippen MR) is 103 cm³/mol. The van der Waals surface area contributed by atoms with E-state index in [1.807, 2.05) is 30.3 Å². The first-order chi connectivity index (χ1) is 13.5. The third-order valence-corrected chi connectivity index (χ3v) is 5.71. The minimum Gasteiger partial charge on any atom is -0.458 e. The van der Waals surface area contributed by atoms with Crippen molar-refractivity contribution in [2.24, 2.45) is 11.3 Å². The van der Waals surface area contributed by atoms with E-state index in [4.69, 9.17) is 9.47 Å². The Morgan fingerprint density at radius 2 is 1.90 bits per heavy atom. The van der Waals surface area contributed by atoms with E-state index in [9.17, 15) is 18.4 Å². The largest absolute Gasteiger partial charge is 0.458 e. The van der Waals surface area contributed by atoms with E-state index in [0.717, 1.165) is 5.56 Å². The summed E-state index contributed by atoms with van der Waals surface area (Å²) in [5.41, 5.74) is -0.974. The fraction of sp³-hybridized carbons (Fsp3) is 0.636. The number of alkyl halides is 2. The van der Waals surface area contributed by atoms with E-state index < -0.39 is 41.0 Å². The fourth-order valence-corrected chi connectivity index (χ4v) is 4.19. The lowest BCUT2D eigenvalue weighted by molar-refractivity contribution is -0.159. The molecule has 1 aromatic rings. The molecule has 29 heavy (non-hydrogen) atoms. The van der Waals surface area contributed by atoms with Crippen molar-refractivity contribution in [1.29, 1.82) is 0 Å². The van der Waals surface area contributed by atoms with Gasteiger partial charge in [-0.05, 0) is 51.5 Å². The molecule has 7 heteroatoms. The van der Waals surface area contributed by atoms with Crippen molar-refractivity contribution in [2.75, 3.05) is 0 Å². The standard InChI is InChI=1S/C22H29F2NO4/c1-20(2,3)29-18(26)17(16-10-7-11-21(12-16)14-22(21,23)24)25-19(27)28-13-15-8-5-4-6-9-15/h4-6,8-9,16-17H,7,10-14H2,1-3H3,(H,25,27)/t16-,17-,21+/m0/s1. The lowest BCUT2D eigenvalue weighted by Crippen LogP contribution is -2.50. The minimum atomic E-state index is -2.68. The number of esters is 1. The summed E-state index contributed by atoms with van der Waals surface area (Å²) in [7, 11) is 0. The quantitative estimate of drug-likeness (QED) is 0.707. The Bertz CT molecular complexity index is 747. The lowest BCUT2D eigenvalue weighted by atomic mass is 9.75. The van der Waals surface area contributed by atoms with Gasteiger partial charge in [0.2, 0.25) is 0 Å². The fourth-order valence-electron chi connectivity index (χ4n) is 4.19. The summed E-state index contributed by atoms with van der Waals surface area (Å²) in [5.74, 6) is -3.70. The first-order valence-corrected chi connectivity index (χ1v) is 10.1. The Labute approximate surface area is 170 Å². The second-order valence-corrected chi connectivity index (χ2v) is 9.24. The Hall–Kier alpha value is -2.18. The number of carbonyl (C=O) groups is 2. The van der Waals surface area contributed by atoms with Crippen LogP contribution < -0.4 is 5.32 Å². The molecule has 2 aliphatic carbocycles. The van der Waals surface area contributed by atoms with Gasteiger partial charge in [0, 0.05) is 11.8 Å². The molecule has 0 bridgehead atoms. The first kappa shape index (κ1) is 21.5. The van der Waals surface area contributed by atoms with Gasteiger partial charge in [0.1, 0.15) is 18.2 Å². The summed E-state index contributed by atoms with van der Waals surface area (Å²) < 4.78 is 38.5. The molecule has 5 nitrogen and oxygen atoms in total. The van der Waals surface area contributed by atoms with Crippen LogP contribution in [0.25, 0.3) is 0 Å². The van der Waals surface area contributed by atoms with Gasteiger partial charge in [0.15, 0.2) is 0 Å². The van der Waals surface area contributed by atoms with Crippen LogP contribution in [-0.2, 0) is 20.9 Å². The van der Waals surface area contributed by atoms with E-state index in [2.05, 4.69) is 5.32 Å². The molecule has 1 N–H and O–H groups in total. The Kier molecular flexibility index (Phi) is 5.88. The maximum Gasteiger partial charge on any atom is 0.408 e. The summed E-state index contributed by atoms with van der Waals surface area (Å²) in [6.45, 7) is 5.24. The Balaban J connectivity index is 1.67. The number of rotatable bonds is 5. The number of alkyl carbamates (subject to hydrolysis) is 1. The molecule has 0 radical (unpaired) electrons. The van der Waals surface area contributed by atoms with Crippen LogP contribution in [-0.4, -0.2) is 29.6 Å². The first-order valence-electron chi connectivity index (χ1n) is 10.1. The third-order valence-electron chi connectivity index (χ3n) is 5.71. The molecule has 2 saturated carbocycles. The zero-order chi connectivity index (χ0) is 21.3. The number of benzene rings is 1. The van der Waals surface area contributed by atoms with E-state index in [1.165, 1.54) is 0 Å². The summed E-state index contributed by atoms with van der Waals surface area (Å²) >= 11 is 0. The molecule has 1 aromatic carbocycles. The van der Waals surface area contributed by atoms with E-state index in [0.29, 0.717) is 19.3 Å². The van der Waals surface area contributed by atoms with E-state index >= 15 is 0 Å². The van der Waals surface area contributed by atoms with Gasteiger partial charge in [-0.2, -0.15) is 0 Å². The number of hydrogen-bond donors (Lipinski definition) is 1.